The SMILES string of the molecule is CNc1ccnc(C(=O)NCC2CCCCC2)c1. The minimum absolute atomic E-state index is 0.0716. The summed E-state index contributed by atoms with van der Waals surface area (Å²) in [4.78, 5) is 16.1. The monoisotopic (exact) mass is 247 g/mol. The Hall–Kier alpha value is -1.58. The first-order valence-electron chi connectivity index (χ1n) is 6.71. The smallest absolute Gasteiger partial charge is 0.269 e. The predicted octanol–water partition coefficient (Wildman–Crippen LogP) is 2.43. The second kappa shape index (κ2) is 6.38. The lowest BCUT2D eigenvalue weighted by molar-refractivity contribution is 0.0938. The van der Waals surface area contributed by atoms with E-state index in [0.717, 1.165) is 12.2 Å². The molecule has 0 spiro atoms. The topological polar surface area (TPSA) is 54.0 Å². The molecule has 0 bridgehead atoms. The Morgan fingerprint density at radius 3 is 2.89 bits per heavy atom. The highest BCUT2D eigenvalue weighted by Crippen LogP contribution is 2.22. The second-order valence-electron chi connectivity index (χ2n) is 4.89. The van der Waals surface area contributed by atoms with Gasteiger partial charge in [-0.2, -0.15) is 0 Å². The summed E-state index contributed by atoms with van der Waals surface area (Å²) in [5, 5.41) is 6.00. The maximum atomic E-state index is 12.0. The minimum Gasteiger partial charge on any atom is -0.388 e. The van der Waals surface area contributed by atoms with E-state index >= 15 is 0 Å². The largest absolute Gasteiger partial charge is 0.388 e. The summed E-state index contributed by atoms with van der Waals surface area (Å²) < 4.78 is 0. The Balaban J connectivity index is 1.86. The number of carbonyl (C=O) groups is 1. The van der Waals surface area contributed by atoms with Crippen molar-refractivity contribution in [3.05, 3.63) is 24.0 Å². The van der Waals surface area contributed by atoms with E-state index in [0.29, 0.717) is 11.6 Å². The number of nitrogens with zero attached hydrogens (tertiary/aromatic N) is 1. The number of hydrogen-bond donors (Lipinski definition) is 2. The van der Waals surface area contributed by atoms with Crippen molar-refractivity contribution in [2.24, 2.45) is 5.92 Å². The standard InChI is InChI=1S/C14H21N3O/c1-15-12-7-8-16-13(9-12)14(18)17-10-11-5-3-2-4-6-11/h7-9,11H,2-6,10H2,1H3,(H,15,16)(H,17,18). The van der Waals surface area contributed by atoms with Crippen molar-refractivity contribution < 1.29 is 4.79 Å². The molecule has 1 saturated carbocycles. The van der Waals surface area contributed by atoms with Crippen molar-refractivity contribution in [2.45, 2.75) is 32.1 Å². The van der Waals surface area contributed by atoms with Gasteiger partial charge in [-0.1, -0.05) is 19.3 Å². The summed E-state index contributed by atoms with van der Waals surface area (Å²) in [5.41, 5.74) is 1.39. The lowest BCUT2D eigenvalue weighted by atomic mass is 9.89. The third kappa shape index (κ3) is 3.45. The van der Waals surface area contributed by atoms with Crippen LogP contribution in [0, 0.1) is 5.92 Å². The Kier molecular flexibility index (Phi) is 4.56. The normalized spacial score (nSPS) is 16.3. The quantitative estimate of drug-likeness (QED) is 0.859. The molecule has 1 aromatic heterocycles. The molecule has 1 amide bonds. The molecule has 98 valence electrons. The van der Waals surface area contributed by atoms with Gasteiger partial charge in [0.15, 0.2) is 0 Å². The van der Waals surface area contributed by atoms with Crippen LogP contribution in [0.1, 0.15) is 42.6 Å². The maximum Gasteiger partial charge on any atom is 0.269 e. The highest BCUT2D eigenvalue weighted by Gasteiger charge is 2.15. The van der Waals surface area contributed by atoms with E-state index in [1.807, 2.05) is 13.1 Å². The molecule has 18 heavy (non-hydrogen) atoms. The van der Waals surface area contributed by atoms with Crippen molar-refractivity contribution in [1.29, 1.82) is 0 Å². The molecule has 0 aromatic carbocycles. The van der Waals surface area contributed by atoms with E-state index in [4.69, 9.17) is 0 Å². The molecule has 2 N–H and O–H groups in total. The molecule has 1 aliphatic carbocycles. The fourth-order valence-electron chi connectivity index (χ4n) is 2.43. The van der Waals surface area contributed by atoms with Crippen LogP contribution < -0.4 is 10.6 Å². The van der Waals surface area contributed by atoms with Crippen LogP contribution in [0.15, 0.2) is 18.3 Å². The Morgan fingerprint density at radius 2 is 2.17 bits per heavy atom. The number of nitrogens with one attached hydrogen (secondary N) is 2. The third-order valence-electron chi connectivity index (χ3n) is 3.56. The van der Waals surface area contributed by atoms with Crippen LogP contribution in [0.5, 0.6) is 0 Å². The third-order valence-corrected chi connectivity index (χ3v) is 3.56. The van der Waals surface area contributed by atoms with Crippen LogP contribution in [-0.2, 0) is 0 Å². The van der Waals surface area contributed by atoms with E-state index in [1.54, 1.807) is 12.3 Å². The number of rotatable bonds is 4. The van der Waals surface area contributed by atoms with E-state index in [9.17, 15) is 4.79 Å². The Labute approximate surface area is 108 Å². The molecular formula is C14H21N3O. The molecular weight excluding hydrogens is 226 g/mol. The van der Waals surface area contributed by atoms with Gasteiger partial charge in [0, 0.05) is 25.5 Å². The zero-order valence-corrected chi connectivity index (χ0v) is 10.9. The summed E-state index contributed by atoms with van der Waals surface area (Å²) in [6, 6.07) is 3.62. The van der Waals surface area contributed by atoms with Gasteiger partial charge in [-0.15, -0.1) is 0 Å². The van der Waals surface area contributed by atoms with Crippen LogP contribution in [0.25, 0.3) is 0 Å². The van der Waals surface area contributed by atoms with Crippen LogP contribution in [0.4, 0.5) is 5.69 Å². The van der Waals surface area contributed by atoms with Gasteiger partial charge < -0.3 is 10.6 Å². The number of hydrogen-bond acceptors (Lipinski definition) is 3. The summed E-state index contributed by atoms with van der Waals surface area (Å²) >= 11 is 0. The number of aromatic nitrogens is 1. The van der Waals surface area contributed by atoms with E-state index in [1.165, 1.54) is 32.1 Å². The van der Waals surface area contributed by atoms with Gasteiger partial charge in [0.05, 0.1) is 0 Å². The van der Waals surface area contributed by atoms with Crippen molar-refractivity contribution >= 4 is 11.6 Å². The fraction of sp³-hybridized carbons (Fsp3) is 0.571. The number of anilines is 1. The first-order valence-corrected chi connectivity index (χ1v) is 6.71. The van der Waals surface area contributed by atoms with Crippen molar-refractivity contribution in [3.8, 4) is 0 Å². The highest BCUT2D eigenvalue weighted by atomic mass is 16.1. The first-order chi connectivity index (χ1) is 8.79. The van der Waals surface area contributed by atoms with Gasteiger partial charge in [-0.05, 0) is 30.9 Å². The zero-order chi connectivity index (χ0) is 12.8. The summed E-state index contributed by atoms with van der Waals surface area (Å²) in [5.74, 6) is 0.577. The van der Waals surface area contributed by atoms with Crippen LogP contribution in [0.2, 0.25) is 0 Å². The number of carbonyl (C=O) groups excluding carboxylic acids is 1. The zero-order valence-electron chi connectivity index (χ0n) is 10.9. The maximum absolute atomic E-state index is 12.0. The second-order valence-corrected chi connectivity index (χ2v) is 4.89. The molecule has 2 rings (SSSR count). The van der Waals surface area contributed by atoms with Gasteiger partial charge >= 0.3 is 0 Å². The van der Waals surface area contributed by atoms with Crippen molar-refractivity contribution in [1.82, 2.24) is 10.3 Å². The molecule has 1 fully saturated rings. The minimum atomic E-state index is -0.0716. The van der Waals surface area contributed by atoms with Gasteiger partial charge in [-0.3, -0.25) is 9.78 Å². The average Bonchev–Trinajstić information content (AvgIpc) is 2.46. The molecule has 1 aromatic rings. The van der Waals surface area contributed by atoms with Crippen LogP contribution in [0.3, 0.4) is 0 Å². The molecule has 0 atom stereocenters. The Morgan fingerprint density at radius 1 is 1.39 bits per heavy atom. The van der Waals surface area contributed by atoms with E-state index in [-0.39, 0.29) is 5.91 Å². The predicted molar refractivity (Wildman–Crippen MR) is 72.7 cm³/mol. The molecule has 0 saturated heterocycles. The summed E-state index contributed by atoms with van der Waals surface area (Å²) in [6.45, 7) is 0.782. The summed E-state index contributed by atoms with van der Waals surface area (Å²) in [6.07, 6.45) is 8.08. The summed E-state index contributed by atoms with van der Waals surface area (Å²) in [7, 11) is 1.83. The molecule has 0 unspecified atom stereocenters. The first kappa shape index (κ1) is 12.9. The molecule has 4 heteroatoms. The molecule has 1 aliphatic rings. The lowest BCUT2D eigenvalue weighted by Gasteiger charge is -2.21. The van der Waals surface area contributed by atoms with Gasteiger partial charge in [0.2, 0.25) is 0 Å². The van der Waals surface area contributed by atoms with Crippen molar-refractivity contribution in [2.75, 3.05) is 18.9 Å². The van der Waals surface area contributed by atoms with Crippen LogP contribution >= 0.6 is 0 Å². The lowest BCUT2D eigenvalue weighted by Crippen LogP contribution is -2.30. The van der Waals surface area contributed by atoms with Crippen LogP contribution in [-0.4, -0.2) is 24.5 Å². The van der Waals surface area contributed by atoms with E-state index < -0.39 is 0 Å². The fourth-order valence-corrected chi connectivity index (χ4v) is 2.43. The average molecular weight is 247 g/mol. The number of amides is 1. The van der Waals surface area contributed by atoms with Gasteiger partial charge in [0.25, 0.3) is 5.91 Å². The highest BCUT2D eigenvalue weighted by molar-refractivity contribution is 5.93. The molecule has 1 heterocycles. The van der Waals surface area contributed by atoms with Crippen molar-refractivity contribution in [3.63, 3.8) is 0 Å². The number of pyridine rings is 1. The van der Waals surface area contributed by atoms with Gasteiger partial charge in [-0.25, -0.2) is 0 Å². The van der Waals surface area contributed by atoms with E-state index in [2.05, 4.69) is 15.6 Å². The molecule has 0 aliphatic heterocycles. The molecule has 4 nitrogen and oxygen atoms in total. The molecule has 0 radical (unpaired) electrons. The Bertz CT molecular complexity index is 400. The van der Waals surface area contributed by atoms with Gasteiger partial charge in [0.1, 0.15) is 5.69 Å².